The first-order valence-corrected chi connectivity index (χ1v) is 8.66. The van der Waals surface area contributed by atoms with Crippen LogP contribution in [0.4, 0.5) is 4.39 Å². The van der Waals surface area contributed by atoms with Crippen LogP contribution in [-0.2, 0) is 28.1 Å². The van der Waals surface area contributed by atoms with Gasteiger partial charge in [0.1, 0.15) is 11.1 Å². The molecule has 0 radical (unpaired) electrons. The Balaban J connectivity index is 1.61. The molecule has 0 spiro atoms. The van der Waals surface area contributed by atoms with Gasteiger partial charge in [-0.25, -0.2) is 17.8 Å². The second kappa shape index (κ2) is 5.77. The molecule has 1 amide bonds. The summed E-state index contributed by atoms with van der Waals surface area (Å²) in [5.41, 5.74) is 0.701. The quantitative estimate of drug-likeness (QED) is 0.827. The van der Waals surface area contributed by atoms with Gasteiger partial charge in [0.15, 0.2) is 0 Å². The molecule has 23 heavy (non-hydrogen) atoms. The molecule has 1 aliphatic heterocycles. The number of imidazole rings is 1. The Morgan fingerprint density at radius 2 is 1.96 bits per heavy atom. The Morgan fingerprint density at radius 1 is 1.30 bits per heavy atom. The predicted octanol–water partition coefficient (Wildman–Crippen LogP) is 0.786. The van der Waals surface area contributed by atoms with E-state index in [1.54, 1.807) is 25.4 Å². The lowest BCUT2D eigenvalue weighted by molar-refractivity contribution is -0.133. The smallest absolute Gasteiger partial charge is 0.227 e. The van der Waals surface area contributed by atoms with Crippen molar-refractivity contribution in [2.24, 2.45) is 7.05 Å². The minimum absolute atomic E-state index is 0.0214. The number of amides is 1. The van der Waals surface area contributed by atoms with E-state index in [2.05, 4.69) is 4.98 Å². The topological polar surface area (TPSA) is 72.3 Å². The number of aryl methyl sites for hydroxylation is 1. The highest BCUT2D eigenvalue weighted by Gasteiger charge is 2.42. The van der Waals surface area contributed by atoms with E-state index < -0.39 is 15.1 Å². The second-order valence-electron chi connectivity index (χ2n) is 5.59. The minimum Gasteiger partial charge on any atom is -0.340 e. The van der Waals surface area contributed by atoms with Gasteiger partial charge >= 0.3 is 0 Å². The van der Waals surface area contributed by atoms with Crippen LogP contribution in [0.5, 0.6) is 0 Å². The maximum Gasteiger partial charge on any atom is 0.227 e. The van der Waals surface area contributed by atoms with Crippen LogP contribution in [-0.4, -0.2) is 47.1 Å². The standard InChI is InChI=1S/C15H16FN3O3S/c1-18-7-6-17-15(18)23(21,22)13-9-19(10-13)14(20)8-11-2-4-12(16)5-3-11/h2-7,13H,8-10H2,1H3. The van der Waals surface area contributed by atoms with E-state index in [0.29, 0.717) is 5.56 Å². The molecule has 0 aliphatic carbocycles. The Morgan fingerprint density at radius 3 is 2.52 bits per heavy atom. The fourth-order valence-corrected chi connectivity index (χ4v) is 4.22. The molecule has 2 aromatic rings. The Kier molecular flexibility index (Phi) is 3.93. The van der Waals surface area contributed by atoms with Crippen LogP contribution in [0.3, 0.4) is 0 Å². The van der Waals surface area contributed by atoms with Crippen LogP contribution in [0.25, 0.3) is 0 Å². The molecule has 0 unspecified atom stereocenters. The number of likely N-dealkylation sites (tertiary alicyclic amines) is 1. The van der Waals surface area contributed by atoms with Crippen molar-refractivity contribution >= 4 is 15.7 Å². The maximum atomic E-state index is 12.8. The van der Waals surface area contributed by atoms with Crippen molar-refractivity contribution in [2.45, 2.75) is 16.8 Å². The van der Waals surface area contributed by atoms with Gasteiger partial charge < -0.3 is 9.47 Å². The number of nitrogens with zero attached hydrogens (tertiary/aromatic N) is 3. The normalized spacial score (nSPS) is 15.5. The fourth-order valence-electron chi connectivity index (χ4n) is 2.50. The van der Waals surface area contributed by atoms with Crippen LogP contribution in [0.2, 0.25) is 0 Å². The van der Waals surface area contributed by atoms with Gasteiger partial charge in [-0.1, -0.05) is 12.1 Å². The first kappa shape index (κ1) is 15.7. The maximum absolute atomic E-state index is 12.8. The molecule has 8 heteroatoms. The Hall–Kier alpha value is -2.22. The first-order valence-electron chi connectivity index (χ1n) is 7.11. The SMILES string of the molecule is Cn1ccnc1S(=O)(=O)C1CN(C(=O)Cc2ccc(F)cc2)C1. The van der Waals surface area contributed by atoms with Crippen molar-refractivity contribution < 1.29 is 17.6 Å². The molecular weight excluding hydrogens is 321 g/mol. The van der Waals surface area contributed by atoms with E-state index >= 15 is 0 Å². The molecule has 1 aromatic carbocycles. The summed E-state index contributed by atoms with van der Waals surface area (Å²) in [4.78, 5) is 17.5. The minimum atomic E-state index is -3.53. The van der Waals surface area contributed by atoms with E-state index in [1.807, 2.05) is 0 Å². The molecule has 6 nitrogen and oxygen atoms in total. The van der Waals surface area contributed by atoms with Crippen LogP contribution in [0.1, 0.15) is 5.56 Å². The number of hydrogen-bond donors (Lipinski definition) is 0. The number of halogens is 1. The molecule has 1 aliphatic rings. The zero-order chi connectivity index (χ0) is 16.6. The average Bonchev–Trinajstić information content (AvgIpc) is 2.86. The van der Waals surface area contributed by atoms with E-state index in [9.17, 15) is 17.6 Å². The lowest BCUT2D eigenvalue weighted by Gasteiger charge is -2.38. The van der Waals surface area contributed by atoms with Crippen molar-refractivity contribution in [3.8, 4) is 0 Å². The second-order valence-corrected chi connectivity index (χ2v) is 7.71. The molecule has 122 valence electrons. The van der Waals surface area contributed by atoms with Crippen LogP contribution in [0.15, 0.2) is 41.8 Å². The number of aromatic nitrogens is 2. The summed E-state index contributed by atoms with van der Waals surface area (Å²) >= 11 is 0. The molecule has 3 rings (SSSR count). The summed E-state index contributed by atoms with van der Waals surface area (Å²) in [6.07, 6.45) is 3.14. The summed E-state index contributed by atoms with van der Waals surface area (Å²) in [6, 6.07) is 5.70. The van der Waals surface area contributed by atoms with Crippen LogP contribution >= 0.6 is 0 Å². The molecular formula is C15H16FN3O3S. The third-order valence-electron chi connectivity index (χ3n) is 3.94. The van der Waals surface area contributed by atoms with E-state index in [-0.39, 0.29) is 36.4 Å². The van der Waals surface area contributed by atoms with Crippen LogP contribution in [0, 0.1) is 5.82 Å². The van der Waals surface area contributed by atoms with Crippen molar-refractivity contribution in [1.29, 1.82) is 0 Å². The molecule has 1 saturated heterocycles. The molecule has 2 heterocycles. The van der Waals surface area contributed by atoms with Gasteiger partial charge in [-0.15, -0.1) is 0 Å². The van der Waals surface area contributed by atoms with Gasteiger partial charge in [-0.05, 0) is 17.7 Å². The number of sulfone groups is 1. The van der Waals surface area contributed by atoms with Gasteiger partial charge in [-0.2, -0.15) is 0 Å². The number of carbonyl (C=O) groups excluding carboxylic acids is 1. The van der Waals surface area contributed by atoms with Gasteiger partial charge in [0.25, 0.3) is 0 Å². The first-order chi connectivity index (χ1) is 10.9. The van der Waals surface area contributed by atoms with E-state index in [4.69, 9.17) is 0 Å². The summed E-state index contributed by atoms with van der Waals surface area (Å²) in [5.74, 6) is -0.519. The van der Waals surface area contributed by atoms with Gasteiger partial charge in [-0.3, -0.25) is 4.79 Å². The Labute approximate surface area is 133 Å². The van der Waals surface area contributed by atoms with Gasteiger partial charge in [0.05, 0.1) is 6.42 Å². The van der Waals surface area contributed by atoms with Gasteiger partial charge in [0.2, 0.25) is 20.9 Å². The third kappa shape index (κ3) is 2.98. The van der Waals surface area contributed by atoms with E-state index in [0.717, 1.165) is 0 Å². The summed E-state index contributed by atoms with van der Waals surface area (Å²) < 4.78 is 39.1. The summed E-state index contributed by atoms with van der Waals surface area (Å²) in [5, 5.41) is -0.603. The molecule has 1 aromatic heterocycles. The average molecular weight is 337 g/mol. The lowest BCUT2D eigenvalue weighted by Crippen LogP contribution is -2.57. The number of benzene rings is 1. The monoisotopic (exact) mass is 337 g/mol. The Bertz CT molecular complexity index is 824. The zero-order valence-corrected chi connectivity index (χ0v) is 13.3. The van der Waals surface area contributed by atoms with Crippen molar-refractivity contribution in [2.75, 3.05) is 13.1 Å². The lowest BCUT2D eigenvalue weighted by atomic mass is 10.1. The number of rotatable bonds is 4. The molecule has 0 bridgehead atoms. The highest BCUT2D eigenvalue weighted by atomic mass is 32.2. The highest BCUT2D eigenvalue weighted by Crippen LogP contribution is 2.23. The zero-order valence-electron chi connectivity index (χ0n) is 12.5. The van der Waals surface area contributed by atoms with E-state index in [1.165, 1.54) is 27.8 Å². The largest absolute Gasteiger partial charge is 0.340 e. The van der Waals surface area contributed by atoms with Crippen LogP contribution < -0.4 is 0 Å². The summed E-state index contributed by atoms with van der Waals surface area (Å²) in [6.45, 7) is 0.324. The molecule has 0 N–H and O–H groups in total. The van der Waals surface area contributed by atoms with Crippen molar-refractivity contribution in [3.05, 3.63) is 48.0 Å². The summed E-state index contributed by atoms with van der Waals surface area (Å²) in [7, 11) is -1.91. The number of carbonyl (C=O) groups is 1. The third-order valence-corrected chi connectivity index (χ3v) is 6.02. The van der Waals surface area contributed by atoms with Crippen molar-refractivity contribution in [3.63, 3.8) is 0 Å². The molecule has 0 atom stereocenters. The number of hydrogen-bond acceptors (Lipinski definition) is 4. The van der Waals surface area contributed by atoms with Crippen molar-refractivity contribution in [1.82, 2.24) is 14.5 Å². The molecule has 0 saturated carbocycles. The fraction of sp³-hybridized carbons (Fsp3) is 0.333. The predicted molar refractivity (Wildman–Crippen MR) is 80.9 cm³/mol. The van der Waals surface area contributed by atoms with Gasteiger partial charge in [0, 0.05) is 32.5 Å². The molecule has 1 fully saturated rings. The highest BCUT2D eigenvalue weighted by molar-refractivity contribution is 7.92.